The Kier molecular flexibility index (Phi) is 4.42. The van der Waals surface area contributed by atoms with E-state index in [9.17, 15) is 9.59 Å². The van der Waals surface area contributed by atoms with E-state index in [1.807, 2.05) is 24.3 Å². The summed E-state index contributed by atoms with van der Waals surface area (Å²) in [6.45, 7) is 4.06. The maximum atomic E-state index is 11.3. The number of nitrogens with one attached hydrogen (secondary N) is 1. The first-order valence-electron chi connectivity index (χ1n) is 6.21. The molecule has 2 N–H and O–H groups in total. The van der Waals surface area contributed by atoms with Crippen molar-refractivity contribution in [3.05, 3.63) is 45.7 Å². The average Bonchev–Trinajstić information content (AvgIpc) is 2.69. The minimum atomic E-state index is -1.52. The highest BCUT2D eigenvalue weighted by Gasteiger charge is 2.18. The van der Waals surface area contributed by atoms with Crippen LogP contribution in [0.5, 0.6) is 0 Å². The van der Waals surface area contributed by atoms with Gasteiger partial charge in [-0.2, -0.15) is 5.10 Å². The van der Waals surface area contributed by atoms with Crippen LogP contribution in [-0.2, 0) is 16.1 Å². The van der Waals surface area contributed by atoms with E-state index in [4.69, 9.17) is 5.11 Å². The standard InChI is InChI=1S/C14H14BrN3O3/c1-8-12(16-13(19)14(20)21)9(2)18(17-8)7-10-3-5-11(15)6-4-10/h3-6H,7H2,1-2H3,(H,16,19)(H,20,21). The zero-order valence-corrected chi connectivity index (χ0v) is 13.1. The second-order valence-corrected chi connectivity index (χ2v) is 5.50. The Balaban J connectivity index is 2.24. The van der Waals surface area contributed by atoms with Crippen LogP contribution in [0, 0.1) is 13.8 Å². The number of carboxylic acid groups (broad SMARTS) is 1. The SMILES string of the molecule is Cc1nn(Cc2ccc(Br)cc2)c(C)c1NC(=O)C(=O)O. The van der Waals surface area contributed by atoms with Crippen LogP contribution in [0.3, 0.4) is 0 Å². The number of benzene rings is 1. The molecule has 7 heteroatoms. The summed E-state index contributed by atoms with van der Waals surface area (Å²) in [7, 11) is 0. The third-order valence-corrected chi connectivity index (χ3v) is 3.59. The van der Waals surface area contributed by atoms with Gasteiger partial charge in [-0.25, -0.2) is 4.79 Å². The minimum absolute atomic E-state index is 0.444. The number of halogens is 1. The van der Waals surface area contributed by atoms with Crippen molar-refractivity contribution in [2.75, 3.05) is 5.32 Å². The molecule has 1 amide bonds. The van der Waals surface area contributed by atoms with Crippen molar-refractivity contribution in [2.24, 2.45) is 0 Å². The van der Waals surface area contributed by atoms with Crippen molar-refractivity contribution in [2.45, 2.75) is 20.4 Å². The van der Waals surface area contributed by atoms with Crippen LogP contribution in [0.1, 0.15) is 17.0 Å². The fourth-order valence-electron chi connectivity index (χ4n) is 1.96. The van der Waals surface area contributed by atoms with Crippen LogP contribution < -0.4 is 5.32 Å². The molecule has 0 unspecified atom stereocenters. The predicted molar refractivity (Wildman–Crippen MR) is 81.2 cm³/mol. The number of rotatable bonds is 3. The van der Waals surface area contributed by atoms with Crippen molar-refractivity contribution in [1.82, 2.24) is 9.78 Å². The molecular weight excluding hydrogens is 338 g/mol. The molecule has 0 saturated heterocycles. The van der Waals surface area contributed by atoms with Crippen molar-refractivity contribution < 1.29 is 14.7 Å². The normalized spacial score (nSPS) is 10.4. The lowest BCUT2D eigenvalue weighted by Crippen LogP contribution is -2.22. The Hall–Kier alpha value is -2.15. The van der Waals surface area contributed by atoms with E-state index in [1.165, 1.54) is 0 Å². The van der Waals surface area contributed by atoms with Gasteiger partial charge in [0.25, 0.3) is 0 Å². The second-order valence-electron chi connectivity index (χ2n) is 4.59. The molecular formula is C14H14BrN3O3. The quantitative estimate of drug-likeness (QED) is 0.831. The third-order valence-electron chi connectivity index (χ3n) is 3.06. The van der Waals surface area contributed by atoms with E-state index < -0.39 is 11.9 Å². The number of carboxylic acids is 1. The van der Waals surface area contributed by atoms with Crippen LogP contribution in [0.25, 0.3) is 0 Å². The van der Waals surface area contributed by atoms with E-state index in [0.29, 0.717) is 23.6 Å². The molecule has 0 radical (unpaired) electrons. The lowest BCUT2D eigenvalue weighted by atomic mass is 10.2. The molecule has 0 atom stereocenters. The molecule has 110 valence electrons. The molecule has 6 nitrogen and oxygen atoms in total. The fourth-order valence-corrected chi connectivity index (χ4v) is 2.23. The molecule has 0 saturated carbocycles. The first-order chi connectivity index (χ1) is 9.88. The van der Waals surface area contributed by atoms with Crippen molar-refractivity contribution >= 4 is 33.5 Å². The highest BCUT2D eigenvalue weighted by molar-refractivity contribution is 9.10. The number of aryl methyl sites for hydroxylation is 1. The van der Waals surface area contributed by atoms with Gasteiger partial charge in [0, 0.05) is 4.47 Å². The van der Waals surface area contributed by atoms with Gasteiger partial charge in [0.2, 0.25) is 0 Å². The third kappa shape index (κ3) is 3.49. The van der Waals surface area contributed by atoms with E-state index in [0.717, 1.165) is 10.0 Å². The topological polar surface area (TPSA) is 84.2 Å². The number of aromatic nitrogens is 2. The minimum Gasteiger partial charge on any atom is -0.474 e. The Morgan fingerprint density at radius 1 is 1.29 bits per heavy atom. The molecule has 0 aliphatic heterocycles. The highest BCUT2D eigenvalue weighted by atomic mass is 79.9. The molecule has 0 fully saturated rings. The molecule has 0 spiro atoms. The summed E-state index contributed by atoms with van der Waals surface area (Å²) in [6, 6.07) is 7.81. The number of anilines is 1. The Morgan fingerprint density at radius 2 is 1.90 bits per heavy atom. The van der Waals surface area contributed by atoms with Gasteiger partial charge in [-0.15, -0.1) is 0 Å². The first kappa shape index (κ1) is 15.2. The van der Waals surface area contributed by atoms with Crippen molar-refractivity contribution in [1.29, 1.82) is 0 Å². The number of carbonyl (C=O) groups is 2. The fraction of sp³-hybridized carbons (Fsp3) is 0.214. The van der Waals surface area contributed by atoms with Crippen LogP contribution in [0.15, 0.2) is 28.7 Å². The van der Waals surface area contributed by atoms with E-state index >= 15 is 0 Å². The summed E-state index contributed by atoms with van der Waals surface area (Å²) in [4.78, 5) is 21.9. The van der Waals surface area contributed by atoms with Gasteiger partial charge in [0.05, 0.1) is 23.6 Å². The summed E-state index contributed by atoms with van der Waals surface area (Å²) in [5.74, 6) is -2.58. The number of amides is 1. The summed E-state index contributed by atoms with van der Waals surface area (Å²) in [5.41, 5.74) is 2.80. The summed E-state index contributed by atoms with van der Waals surface area (Å²) in [5, 5.41) is 15.4. The van der Waals surface area contributed by atoms with Crippen LogP contribution in [-0.4, -0.2) is 26.8 Å². The maximum absolute atomic E-state index is 11.3. The van der Waals surface area contributed by atoms with Gasteiger partial charge < -0.3 is 10.4 Å². The predicted octanol–water partition coefficient (Wildman–Crippen LogP) is 2.33. The molecule has 0 aliphatic carbocycles. The van der Waals surface area contributed by atoms with Crippen LogP contribution in [0.4, 0.5) is 5.69 Å². The molecule has 0 aliphatic rings. The molecule has 2 rings (SSSR count). The second kappa shape index (κ2) is 6.09. The summed E-state index contributed by atoms with van der Waals surface area (Å²) < 4.78 is 2.73. The van der Waals surface area contributed by atoms with Crippen LogP contribution in [0.2, 0.25) is 0 Å². The summed E-state index contributed by atoms with van der Waals surface area (Å²) >= 11 is 3.38. The van der Waals surface area contributed by atoms with Crippen molar-refractivity contribution in [3.63, 3.8) is 0 Å². The zero-order chi connectivity index (χ0) is 15.6. The Bertz CT molecular complexity index is 692. The Morgan fingerprint density at radius 3 is 2.48 bits per heavy atom. The molecule has 1 aromatic heterocycles. The van der Waals surface area contributed by atoms with Crippen molar-refractivity contribution in [3.8, 4) is 0 Å². The van der Waals surface area contributed by atoms with E-state index in [1.54, 1.807) is 18.5 Å². The Labute approximate surface area is 129 Å². The lowest BCUT2D eigenvalue weighted by molar-refractivity contribution is -0.147. The number of hydrogen-bond donors (Lipinski definition) is 2. The maximum Gasteiger partial charge on any atom is 0.394 e. The number of aliphatic carboxylic acids is 1. The molecule has 2 aromatic rings. The number of hydrogen-bond acceptors (Lipinski definition) is 3. The molecule has 21 heavy (non-hydrogen) atoms. The zero-order valence-electron chi connectivity index (χ0n) is 11.6. The average molecular weight is 352 g/mol. The number of carbonyl (C=O) groups excluding carboxylic acids is 1. The largest absolute Gasteiger partial charge is 0.474 e. The lowest BCUT2D eigenvalue weighted by Gasteiger charge is -2.06. The van der Waals surface area contributed by atoms with E-state index in [2.05, 4.69) is 26.3 Å². The smallest absolute Gasteiger partial charge is 0.394 e. The molecule has 1 aromatic carbocycles. The van der Waals surface area contributed by atoms with Crippen LogP contribution >= 0.6 is 15.9 Å². The van der Waals surface area contributed by atoms with Gasteiger partial charge in [-0.05, 0) is 31.5 Å². The number of nitrogens with zero attached hydrogens (tertiary/aromatic N) is 2. The van der Waals surface area contributed by atoms with Gasteiger partial charge in [0.1, 0.15) is 0 Å². The van der Waals surface area contributed by atoms with Gasteiger partial charge in [-0.1, -0.05) is 28.1 Å². The molecule has 1 heterocycles. The first-order valence-corrected chi connectivity index (χ1v) is 7.00. The van der Waals surface area contributed by atoms with E-state index in [-0.39, 0.29) is 0 Å². The highest BCUT2D eigenvalue weighted by Crippen LogP contribution is 2.21. The molecule has 0 bridgehead atoms. The van der Waals surface area contributed by atoms with Gasteiger partial charge in [-0.3, -0.25) is 9.48 Å². The van der Waals surface area contributed by atoms with Gasteiger partial charge in [0.15, 0.2) is 0 Å². The summed E-state index contributed by atoms with van der Waals surface area (Å²) in [6.07, 6.45) is 0. The monoisotopic (exact) mass is 351 g/mol. The van der Waals surface area contributed by atoms with Gasteiger partial charge >= 0.3 is 11.9 Å².